The second-order valence-electron chi connectivity index (χ2n) is 4.77. The van der Waals surface area contributed by atoms with Crippen molar-refractivity contribution in [2.45, 2.75) is 45.6 Å². The molecule has 92 valence electrons. The quantitative estimate of drug-likeness (QED) is 0.815. The minimum atomic E-state index is -0.141. The first kappa shape index (κ1) is 12.1. The van der Waals surface area contributed by atoms with E-state index in [1.807, 2.05) is 32.0 Å². The molecule has 0 heterocycles. The van der Waals surface area contributed by atoms with Crippen molar-refractivity contribution in [3.8, 4) is 0 Å². The molecular formula is C14H19NO2. The minimum absolute atomic E-state index is 0.141. The summed E-state index contributed by atoms with van der Waals surface area (Å²) in [6.45, 7) is 3.91. The topological polar surface area (TPSA) is 38.3 Å². The van der Waals surface area contributed by atoms with Gasteiger partial charge in [-0.3, -0.25) is 9.63 Å². The van der Waals surface area contributed by atoms with Gasteiger partial charge in [-0.1, -0.05) is 30.5 Å². The fourth-order valence-corrected chi connectivity index (χ4v) is 2.18. The third kappa shape index (κ3) is 3.07. The van der Waals surface area contributed by atoms with E-state index in [9.17, 15) is 4.79 Å². The van der Waals surface area contributed by atoms with Crippen LogP contribution in [-0.2, 0) is 4.84 Å². The summed E-state index contributed by atoms with van der Waals surface area (Å²) in [5, 5.41) is 0. The van der Waals surface area contributed by atoms with E-state index in [0.717, 1.165) is 24.0 Å². The smallest absolute Gasteiger partial charge is 0.270 e. The summed E-state index contributed by atoms with van der Waals surface area (Å²) in [6.07, 6.45) is 4.69. The van der Waals surface area contributed by atoms with Gasteiger partial charge < -0.3 is 0 Å². The zero-order valence-electron chi connectivity index (χ0n) is 10.5. The van der Waals surface area contributed by atoms with Crippen molar-refractivity contribution in [2.75, 3.05) is 0 Å². The highest BCUT2D eigenvalue weighted by Crippen LogP contribution is 2.20. The number of hydroxylamine groups is 1. The second-order valence-corrected chi connectivity index (χ2v) is 4.77. The van der Waals surface area contributed by atoms with Gasteiger partial charge >= 0.3 is 0 Å². The molecule has 0 aromatic heterocycles. The molecule has 2 rings (SSSR count). The molecule has 0 saturated heterocycles. The fourth-order valence-electron chi connectivity index (χ4n) is 2.18. The molecule has 0 aliphatic heterocycles. The predicted molar refractivity (Wildman–Crippen MR) is 66.7 cm³/mol. The molecule has 1 aliphatic rings. The molecule has 1 aliphatic carbocycles. The molecular weight excluding hydrogens is 214 g/mol. The van der Waals surface area contributed by atoms with Crippen molar-refractivity contribution >= 4 is 5.91 Å². The predicted octanol–water partition coefficient (Wildman–Crippen LogP) is 2.91. The number of benzene rings is 1. The Labute approximate surface area is 102 Å². The van der Waals surface area contributed by atoms with Crippen molar-refractivity contribution in [2.24, 2.45) is 0 Å². The van der Waals surface area contributed by atoms with E-state index in [2.05, 4.69) is 5.48 Å². The fraction of sp³-hybridized carbons (Fsp3) is 0.500. The van der Waals surface area contributed by atoms with E-state index in [-0.39, 0.29) is 12.0 Å². The number of nitrogens with one attached hydrogen (secondary N) is 1. The summed E-state index contributed by atoms with van der Waals surface area (Å²) in [4.78, 5) is 17.4. The monoisotopic (exact) mass is 233 g/mol. The molecule has 0 atom stereocenters. The van der Waals surface area contributed by atoms with Gasteiger partial charge in [-0.2, -0.15) is 0 Å². The third-order valence-electron chi connectivity index (χ3n) is 3.26. The largest absolute Gasteiger partial charge is 0.275 e. The van der Waals surface area contributed by atoms with E-state index >= 15 is 0 Å². The number of carbonyl (C=O) groups is 1. The van der Waals surface area contributed by atoms with Crippen molar-refractivity contribution in [1.82, 2.24) is 5.48 Å². The van der Waals surface area contributed by atoms with Crippen LogP contribution in [0.5, 0.6) is 0 Å². The average Bonchev–Trinajstić information content (AvgIpc) is 2.82. The normalized spacial score (nSPS) is 16.1. The highest BCUT2D eigenvalue weighted by atomic mass is 16.7. The second kappa shape index (κ2) is 5.32. The molecule has 1 amide bonds. The minimum Gasteiger partial charge on any atom is -0.270 e. The highest BCUT2D eigenvalue weighted by molar-refractivity contribution is 5.95. The number of rotatable bonds is 3. The Morgan fingerprint density at radius 1 is 1.29 bits per heavy atom. The van der Waals surface area contributed by atoms with Gasteiger partial charge in [0, 0.05) is 5.56 Å². The summed E-state index contributed by atoms with van der Waals surface area (Å²) < 4.78 is 0. The van der Waals surface area contributed by atoms with E-state index < -0.39 is 0 Å². The first-order valence-electron chi connectivity index (χ1n) is 6.20. The number of amides is 1. The molecule has 1 aromatic rings. The van der Waals surface area contributed by atoms with Gasteiger partial charge in [-0.05, 0) is 38.3 Å². The highest BCUT2D eigenvalue weighted by Gasteiger charge is 2.17. The van der Waals surface area contributed by atoms with Crippen LogP contribution in [0.4, 0.5) is 0 Å². The van der Waals surface area contributed by atoms with Gasteiger partial charge in [0.1, 0.15) is 0 Å². The zero-order chi connectivity index (χ0) is 12.3. The summed E-state index contributed by atoms with van der Waals surface area (Å²) in [5.74, 6) is -0.141. The van der Waals surface area contributed by atoms with Gasteiger partial charge in [0.15, 0.2) is 0 Å². The molecule has 0 spiro atoms. The summed E-state index contributed by atoms with van der Waals surface area (Å²) >= 11 is 0. The standard InChI is InChI=1S/C14H19NO2/c1-10-7-8-11(2)13(9-10)14(16)15-17-12-5-3-4-6-12/h7-9,12H,3-6H2,1-2H3,(H,15,16). The van der Waals surface area contributed by atoms with Crippen LogP contribution in [0.2, 0.25) is 0 Å². The van der Waals surface area contributed by atoms with Crippen molar-refractivity contribution in [3.63, 3.8) is 0 Å². The van der Waals surface area contributed by atoms with Gasteiger partial charge in [0.05, 0.1) is 6.10 Å². The van der Waals surface area contributed by atoms with Crippen LogP contribution in [0.1, 0.15) is 47.2 Å². The van der Waals surface area contributed by atoms with Gasteiger partial charge in [0.2, 0.25) is 0 Å². The Kier molecular flexibility index (Phi) is 3.79. The molecule has 1 saturated carbocycles. The molecule has 1 fully saturated rings. The Balaban J connectivity index is 1.96. The van der Waals surface area contributed by atoms with E-state index in [1.54, 1.807) is 0 Å². The maximum absolute atomic E-state index is 11.9. The first-order valence-corrected chi connectivity index (χ1v) is 6.20. The van der Waals surface area contributed by atoms with Crippen LogP contribution in [0.15, 0.2) is 18.2 Å². The lowest BCUT2D eigenvalue weighted by Gasteiger charge is -2.12. The molecule has 0 bridgehead atoms. The molecule has 0 radical (unpaired) electrons. The Hall–Kier alpha value is -1.35. The summed E-state index contributed by atoms with van der Waals surface area (Å²) in [7, 11) is 0. The molecule has 0 unspecified atom stereocenters. The van der Waals surface area contributed by atoms with E-state index in [4.69, 9.17) is 4.84 Å². The van der Waals surface area contributed by atoms with Gasteiger partial charge in [-0.25, -0.2) is 5.48 Å². The van der Waals surface area contributed by atoms with Crippen LogP contribution < -0.4 is 5.48 Å². The lowest BCUT2D eigenvalue weighted by atomic mass is 10.1. The zero-order valence-corrected chi connectivity index (χ0v) is 10.5. The van der Waals surface area contributed by atoms with Crippen LogP contribution in [0.25, 0.3) is 0 Å². The maximum atomic E-state index is 11.9. The third-order valence-corrected chi connectivity index (χ3v) is 3.26. The SMILES string of the molecule is Cc1ccc(C)c(C(=O)NOC2CCCC2)c1. The van der Waals surface area contributed by atoms with Gasteiger partial charge in [0.25, 0.3) is 5.91 Å². The first-order chi connectivity index (χ1) is 8.16. The number of aryl methyl sites for hydroxylation is 2. The lowest BCUT2D eigenvalue weighted by molar-refractivity contribution is -0.0125. The Morgan fingerprint density at radius 2 is 2.00 bits per heavy atom. The number of carbonyl (C=O) groups excluding carboxylic acids is 1. The summed E-state index contributed by atoms with van der Waals surface area (Å²) in [6, 6.07) is 5.85. The maximum Gasteiger partial charge on any atom is 0.275 e. The molecule has 1 N–H and O–H groups in total. The van der Waals surface area contributed by atoms with Crippen LogP contribution in [0.3, 0.4) is 0 Å². The molecule has 17 heavy (non-hydrogen) atoms. The average molecular weight is 233 g/mol. The Bertz CT molecular complexity index is 409. The van der Waals surface area contributed by atoms with Crippen LogP contribution in [0, 0.1) is 13.8 Å². The molecule has 3 heteroatoms. The molecule has 3 nitrogen and oxygen atoms in total. The van der Waals surface area contributed by atoms with Gasteiger partial charge in [-0.15, -0.1) is 0 Å². The van der Waals surface area contributed by atoms with E-state index in [1.165, 1.54) is 12.8 Å². The number of hydrogen-bond donors (Lipinski definition) is 1. The van der Waals surface area contributed by atoms with Crippen molar-refractivity contribution in [3.05, 3.63) is 34.9 Å². The van der Waals surface area contributed by atoms with Crippen LogP contribution in [-0.4, -0.2) is 12.0 Å². The van der Waals surface area contributed by atoms with E-state index in [0.29, 0.717) is 5.56 Å². The summed E-state index contributed by atoms with van der Waals surface area (Å²) in [5.41, 5.74) is 5.33. The van der Waals surface area contributed by atoms with Crippen molar-refractivity contribution in [1.29, 1.82) is 0 Å². The molecule has 1 aromatic carbocycles. The van der Waals surface area contributed by atoms with Crippen molar-refractivity contribution < 1.29 is 9.63 Å². The lowest BCUT2D eigenvalue weighted by Crippen LogP contribution is -2.28. The van der Waals surface area contributed by atoms with Crippen LogP contribution >= 0.6 is 0 Å². The number of hydrogen-bond acceptors (Lipinski definition) is 2. The Morgan fingerprint density at radius 3 is 2.71 bits per heavy atom.